The van der Waals surface area contributed by atoms with Crippen LogP contribution in [-0.2, 0) is 9.59 Å². The van der Waals surface area contributed by atoms with Crippen molar-refractivity contribution < 1.29 is 9.59 Å². The largest absolute Gasteiger partial charge is 0.337 e. The molecule has 0 spiro atoms. The molecule has 28 heavy (non-hydrogen) atoms. The van der Waals surface area contributed by atoms with Gasteiger partial charge in [-0.05, 0) is 36.3 Å². The minimum Gasteiger partial charge on any atom is -0.337 e. The third-order valence-electron chi connectivity index (χ3n) is 5.12. The maximum absolute atomic E-state index is 12.5. The minimum absolute atomic E-state index is 0.00688. The summed E-state index contributed by atoms with van der Waals surface area (Å²) in [6, 6.07) is 9.55. The van der Waals surface area contributed by atoms with Crippen LogP contribution in [0, 0.1) is 0 Å². The predicted molar refractivity (Wildman–Crippen MR) is 108 cm³/mol. The van der Waals surface area contributed by atoms with Crippen LogP contribution in [0.15, 0.2) is 48.8 Å². The van der Waals surface area contributed by atoms with Crippen molar-refractivity contribution in [3.8, 4) is 0 Å². The Morgan fingerprint density at radius 3 is 2.32 bits per heavy atom. The van der Waals surface area contributed by atoms with Crippen molar-refractivity contribution in [2.24, 2.45) is 0 Å². The van der Waals surface area contributed by atoms with E-state index in [2.05, 4.69) is 14.9 Å². The topological polar surface area (TPSA) is 69.6 Å². The zero-order valence-corrected chi connectivity index (χ0v) is 15.7. The van der Waals surface area contributed by atoms with Gasteiger partial charge in [0.15, 0.2) is 0 Å². The maximum atomic E-state index is 12.5. The van der Waals surface area contributed by atoms with E-state index in [1.165, 1.54) is 0 Å². The van der Waals surface area contributed by atoms with Gasteiger partial charge in [0.05, 0.1) is 0 Å². The number of benzene rings is 1. The van der Waals surface area contributed by atoms with E-state index < -0.39 is 0 Å². The summed E-state index contributed by atoms with van der Waals surface area (Å²) in [6.07, 6.45) is 8.44. The number of anilines is 2. The monoisotopic (exact) mass is 377 g/mol. The number of carbonyl (C=O) groups excluding carboxylic acids is 2. The first kappa shape index (κ1) is 18.2. The molecule has 7 nitrogen and oxygen atoms in total. The smallest absolute Gasteiger partial charge is 0.246 e. The number of hydrogen-bond acceptors (Lipinski definition) is 5. The van der Waals surface area contributed by atoms with Gasteiger partial charge in [-0.3, -0.25) is 9.59 Å². The third kappa shape index (κ3) is 4.03. The summed E-state index contributed by atoms with van der Waals surface area (Å²) in [4.78, 5) is 38.6. The van der Waals surface area contributed by atoms with E-state index in [9.17, 15) is 9.59 Å². The Bertz CT molecular complexity index is 858. The highest BCUT2D eigenvalue weighted by Gasteiger charge is 2.22. The van der Waals surface area contributed by atoms with Crippen LogP contribution in [0.4, 0.5) is 11.6 Å². The highest BCUT2D eigenvalue weighted by molar-refractivity contribution is 5.95. The van der Waals surface area contributed by atoms with Gasteiger partial charge < -0.3 is 14.7 Å². The number of piperazine rings is 1. The highest BCUT2D eigenvalue weighted by atomic mass is 16.2. The Balaban J connectivity index is 1.31. The summed E-state index contributed by atoms with van der Waals surface area (Å²) in [5.41, 5.74) is 1.87. The quantitative estimate of drug-likeness (QED) is 0.762. The van der Waals surface area contributed by atoms with Crippen LogP contribution in [0.5, 0.6) is 0 Å². The van der Waals surface area contributed by atoms with Crippen molar-refractivity contribution in [1.29, 1.82) is 0 Å². The fourth-order valence-corrected chi connectivity index (χ4v) is 3.54. The Morgan fingerprint density at radius 2 is 1.68 bits per heavy atom. The van der Waals surface area contributed by atoms with E-state index in [0.29, 0.717) is 25.5 Å². The van der Waals surface area contributed by atoms with E-state index in [-0.39, 0.29) is 11.8 Å². The van der Waals surface area contributed by atoms with Crippen LogP contribution in [-0.4, -0.2) is 59.4 Å². The average molecular weight is 377 g/mol. The normalized spacial score (nSPS) is 17.6. The molecule has 1 aromatic carbocycles. The average Bonchev–Trinajstić information content (AvgIpc) is 3.19. The van der Waals surface area contributed by atoms with E-state index >= 15 is 0 Å². The van der Waals surface area contributed by atoms with Crippen molar-refractivity contribution in [3.05, 3.63) is 54.4 Å². The van der Waals surface area contributed by atoms with Gasteiger partial charge in [-0.2, -0.15) is 0 Å². The molecular formula is C21H23N5O2. The maximum Gasteiger partial charge on any atom is 0.246 e. The summed E-state index contributed by atoms with van der Waals surface area (Å²) < 4.78 is 0. The Morgan fingerprint density at radius 1 is 0.964 bits per heavy atom. The Hall–Kier alpha value is -3.22. The van der Waals surface area contributed by atoms with Crippen molar-refractivity contribution in [2.45, 2.75) is 12.8 Å². The molecule has 1 aromatic heterocycles. The van der Waals surface area contributed by atoms with Gasteiger partial charge in [-0.1, -0.05) is 12.1 Å². The molecule has 3 heterocycles. The lowest BCUT2D eigenvalue weighted by Gasteiger charge is -2.34. The molecule has 2 saturated heterocycles. The van der Waals surface area contributed by atoms with Crippen LogP contribution < -0.4 is 9.80 Å². The molecule has 0 aliphatic carbocycles. The molecule has 0 unspecified atom stereocenters. The molecule has 7 heteroatoms. The summed E-state index contributed by atoms with van der Waals surface area (Å²) in [6.45, 7) is 3.53. The predicted octanol–water partition coefficient (Wildman–Crippen LogP) is 1.97. The van der Waals surface area contributed by atoms with Gasteiger partial charge >= 0.3 is 0 Å². The second kappa shape index (κ2) is 8.21. The van der Waals surface area contributed by atoms with Crippen LogP contribution in [0.1, 0.15) is 18.4 Å². The summed E-state index contributed by atoms with van der Waals surface area (Å²) in [5.74, 6) is 0.896. The molecule has 0 atom stereocenters. The fourth-order valence-electron chi connectivity index (χ4n) is 3.54. The van der Waals surface area contributed by atoms with Crippen molar-refractivity contribution in [1.82, 2.24) is 14.9 Å². The standard InChI is InChI=1S/C21H23N5O2/c27-19(24-13-15-25(16-14-24)21-22-10-2-11-23-21)9-6-17-4-7-18(8-5-17)26-12-1-3-20(26)28/h2,4-11H,1,3,12-16H2/b9-6+. The van der Waals surface area contributed by atoms with E-state index in [1.54, 1.807) is 24.5 Å². The zero-order chi connectivity index (χ0) is 19.3. The summed E-state index contributed by atoms with van der Waals surface area (Å²) in [7, 11) is 0. The molecule has 2 aliphatic rings. The Labute approximate surface area is 164 Å². The van der Waals surface area contributed by atoms with Gasteiger partial charge in [-0.15, -0.1) is 0 Å². The third-order valence-corrected chi connectivity index (χ3v) is 5.12. The molecule has 2 aliphatic heterocycles. The first-order chi connectivity index (χ1) is 13.7. The molecule has 0 N–H and O–H groups in total. The number of hydrogen-bond donors (Lipinski definition) is 0. The number of rotatable bonds is 4. The summed E-state index contributed by atoms with van der Waals surface area (Å²) in [5, 5.41) is 0. The number of carbonyl (C=O) groups is 2. The first-order valence-corrected chi connectivity index (χ1v) is 9.60. The lowest BCUT2D eigenvalue weighted by Crippen LogP contribution is -2.48. The molecular weight excluding hydrogens is 354 g/mol. The molecule has 0 radical (unpaired) electrons. The SMILES string of the molecule is O=C(/C=C/c1ccc(N2CCCC2=O)cc1)N1CCN(c2ncccn2)CC1. The second-order valence-electron chi connectivity index (χ2n) is 6.93. The molecule has 144 valence electrons. The van der Waals surface area contributed by atoms with Crippen LogP contribution >= 0.6 is 0 Å². The van der Waals surface area contributed by atoms with Crippen molar-refractivity contribution in [3.63, 3.8) is 0 Å². The second-order valence-corrected chi connectivity index (χ2v) is 6.93. The zero-order valence-electron chi connectivity index (χ0n) is 15.7. The van der Waals surface area contributed by atoms with Crippen LogP contribution in [0.2, 0.25) is 0 Å². The lowest BCUT2D eigenvalue weighted by atomic mass is 10.1. The number of aromatic nitrogens is 2. The molecule has 0 bridgehead atoms. The molecule has 2 fully saturated rings. The van der Waals surface area contributed by atoms with Crippen LogP contribution in [0.3, 0.4) is 0 Å². The van der Waals surface area contributed by atoms with Gasteiger partial charge in [-0.25, -0.2) is 9.97 Å². The first-order valence-electron chi connectivity index (χ1n) is 9.60. The van der Waals surface area contributed by atoms with E-state index in [4.69, 9.17) is 0 Å². The van der Waals surface area contributed by atoms with E-state index in [1.807, 2.05) is 40.1 Å². The van der Waals surface area contributed by atoms with Crippen molar-refractivity contribution >= 4 is 29.5 Å². The van der Waals surface area contributed by atoms with Gasteiger partial charge in [0.2, 0.25) is 17.8 Å². The minimum atomic E-state index is 0.00688. The van der Waals surface area contributed by atoms with Crippen molar-refractivity contribution in [2.75, 3.05) is 42.5 Å². The fraction of sp³-hybridized carbons (Fsp3) is 0.333. The molecule has 2 aromatic rings. The molecule has 4 rings (SSSR count). The molecule has 0 saturated carbocycles. The van der Waals surface area contributed by atoms with Crippen LogP contribution in [0.25, 0.3) is 6.08 Å². The number of amides is 2. The highest BCUT2D eigenvalue weighted by Crippen LogP contribution is 2.22. The lowest BCUT2D eigenvalue weighted by molar-refractivity contribution is -0.126. The summed E-state index contributed by atoms with van der Waals surface area (Å²) >= 11 is 0. The van der Waals surface area contributed by atoms with Gasteiger partial charge in [0.1, 0.15) is 0 Å². The molecule has 2 amide bonds. The Kier molecular flexibility index (Phi) is 5.32. The number of nitrogens with zero attached hydrogens (tertiary/aromatic N) is 5. The van der Waals surface area contributed by atoms with Gasteiger partial charge in [0.25, 0.3) is 0 Å². The van der Waals surface area contributed by atoms with Gasteiger partial charge in [0, 0.05) is 63.3 Å². The van der Waals surface area contributed by atoms with E-state index in [0.717, 1.165) is 37.3 Å².